The zero-order valence-electron chi connectivity index (χ0n) is 16.2. The smallest absolute Gasteiger partial charge is 0.319 e. The van der Waals surface area contributed by atoms with Gasteiger partial charge in [0.1, 0.15) is 0 Å². The molecule has 2 aromatic carbocycles. The van der Waals surface area contributed by atoms with E-state index in [4.69, 9.17) is 9.47 Å². The predicted octanol–water partition coefficient (Wildman–Crippen LogP) is 4.02. The summed E-state index contributed by atoms with van der Waals surface area (Å²) in [5.41, 5.74) is 3.13. The van der Waals surface area contributed by atoms with Gasteiger partial charge in [0.2, 0.25) is 6.79 Å². The van der Waals surface area contributed by atoms with Gasteiger partial charge in [-0.2, -0.15) is 0 Å². The van der Waals surface area contributed by atoms with Crippen LogP contribution in [0.25, 0.3) is 0 Å². The van der Waals surface area contributed by atoms with E-state index in [1.807, 2.05) is 30.3 Å². The Morgan fingerprint density at radius 1 is 1.07 bits per heavy atom. The van der Waals surface area contributed by atoms with Crippen LogP contribution in [0, 0.1) is 5.92 Å². The molecule has 2 aromatic rings. The first-order chi connectivity index (χ1) is 13.7. The molecule has 0 atom stereocenters. The van der Waals surface area contributed by atoms with E-state index >= 15 is 0 Å². The van der Waals surface area contributed by atoms with Gasteiger partial charge in [-0.15, -0.1) is 0 Å². The summed E-state index contributed by atoms with van der Waals surface area (Å²) in [4.78, 5) is 14.5. The number of carbonyl (C=O) groups is 1. The normalized spacial score (nSPS) is 16.1. The van der Waals surface area contributed by atoms with E-state index in [9.17, 15) is 4.79 Å². The molecule has 0 unspecified atom stereocenters. The molecule has 6 heteroatoms. The van der Waals surface area contributed by atoms with Gasteiger partial charge >= 0.3 is 6.03 Å². The lowest BCUT2D eigenvalue weighted by Gasteiger charge is -2.32. The number of rotatable bonds is 5. The molecule has 2 aliphatic rings. The van der Waals surface area contributed by atoms with Gasteiger partial charge in [-0.05, 0) is 67.1 Å². The fraction of sp³-hybridized carbons (Fsp3) is 0.409. The highest BCUT2D eigenvalue weighted by Gasteiger charge is 2.16. The zero-order valence-corrected chi connectivity index (χ0v) is 16.2. The minimum atomic E-state index is -0.194. The van der Waals surface area contributed by atoms with Crippen LogP contribution in [-0.4, -0.2) is 32.5 Å². The first-order valence-corrected chi connectivity index (χ1v) is 9.96. The highest BCUT2D eigenvalue weighted by Crippen LogP contribution is 2.32. The van der Waals surface area contributed by atoms with Crippen LogP contribution < -0.4 is 25.0 Å². The third-order valence-electron chi connectivity index (χ3n) is 5.41. The molecular weight excluding hydrogens is 354 g/mol. The molecular formula is C22H27N3O3. The van der Waals surface area contributed by atoms with Crippen LogP contribution >= 0.6 is 0 Å². The highest BCUT2D eigenvalue weighted by molar-refractivity contribution is 5.89. The number of amides is 2. The van der Waals surface area contributed by atoms with Crippen LogP contribution in [0.1, 0.15) is 25.3 Å². The number of hydrogen-bond acceptors (Lipinski definition) is 4. The molecule has 6 nitrogen and oxygen atoms in total. The van der Waals surface area contributed by atoms with Crippen molar-refractivity contribution in [3.63, 3.8) is 0 Å². The summed E-state index contributed by atoms with van der Waals surface area (Å²) in [6, 6.07) is 13.8. The van der Waals surface area contributed by atoms with Crippen molar-refractivity contribution in [1.82, 2.24) is 5.32 Å². The SMILES string of the molecule is CC1CCN(c2ccc(NC(=O)NCCc3ccc4c(c3)OCO4)cc2)CC1. The molecule has 0 bridgehead atoms. The molecule has 4 rings (SSSR count). The molecule has 2 heterocycles. The van der Waals surface area contributed by atoms with Gasteiger partial charge in [0.05, 0.1) is 0 Å². The van der Waals surface area contributed by atoms with E-state index in [0.29, 0.717) is 6.54 Å². The zero-order chi connectivity index (χ0) is 19.3. The summed E-state index contributed by atoms with van der Waals surface area (Å²) in [5, 5.41) is 5.79. The van der Waals surface area contributed by atoms with Gasteiger partial charge in [0, 0.05) is 31.0 Å². The summed E-state index contributed by atoms with van der Waals surface area (Å²) in [7, 11) is 0. The van der Waals surface area contributed by atoms with E-state index in [-0.39, 0.29) is 12.8 Å². The molecule has 0 spiro atoms. The summed E-state index contributed by atoms with van der Waals surface area (Å²) < 4.78 is 10.7. The number of nitrogens with one attached hydrogen (secondary N) is 2. The lowest BCUT2D eigenvalue weighted by Crippen LogP contribution is -2.32. The summed E-state index contributed by atoms with van der Waals surface area (Å²) in [5.74, 6) is 2.36. The van der Waals surface area contributed by atoms with Crippen molar-refractivity contribution in [3.8, 4) is 11.5 Å². The number of anilines is 2. The maximum absolute atomic E-state index is 12.1. The van der Waals surface area contributed by atoms with Crippen molar-refractivity contribution < 1.29 is 14.3 Å². The minimum absolute atomic E-state index is 0.194. The van der Waals surface area contributed by atoms with Crippen LogP contribution in [0.3, 0.4) is 0 Å². The Hall–Kier alpha value is -2.89. The average molecular weight is 381 g/mol. The Bertz CT molecular complexity index is 814. The van der Waals surface area contributed by atoms with Crippen LogP contribution in [-0.2, 0) is 6.42 Å². The van der Waals surface area contributed by atoms with Crippen LogP contribution in [0.4, 0.5) is 16.2 Å². The van der Waals surface area contributed by atoms with Crippen molar-refractivity contribution in [1.29, 1.82) is 0 Å². The van der Waals surface area contributed by atoms with Crippen molar-refractivity contribution in [3.05, 3.63) is 48.0 Å². The molecule has 148 valence electrons. The van der Waals surface area contributed by atoms with Crippen molar-refractivity contribution >= 4 is 17.4 Å². The van der Waals surface area contributed by atoms with E-state index in [2.05, 4.69) is 34.6 Å². The van der Waals surface area contributed by atoms with E-state index < -0.39 is 0 Å². The monoisotopic (exact) mass is 381 g/mol. The number of hydrogen-bond donors (Lipinski definition) is 2. The average Bonchev–Trinajstić information content (AvgIpc) is 3.17. The van der Waals surface area contributed by atoms with Gasteiger partial charge < -0.3 is 25.0 Å². The molecule has 28 heavy (non-hydrogen) atoms. The van der Waals surface area contributed by atoms with Gasteiger partial charge in [-0.1, -0.05) is 13.0 Å². The molecule has 0 saturated carbocycles. The summed E-state index contributed by atoms with van der Waals surface area (Å²) >= 11 is 0. The fourth-order valence-electron chi connectivity index (χ4n) is 3.61. The number of nitrogens with zero attached hydrogens (tertiary/aromatic N) is 1. The van der Waals surface area contributed by atoms with Gasteiger partial charge in [-0.3, -0.25) is 0 Å². The lowest BCUT2D eigenvalue weighted by atomic mass is 9.99. The first kappa shape index (κ1) is 18.5. The van der Waals surface area contributed by atoms with Gasteiger partial charge in [-0.25, -0.2) is 4.79 Å². The Kier molecular flexibility index (Phi) is 5.55. The molecule has 0 aromatic heterocycles. The first-order valence-electron chi connectivity index (χ1n) is 9.96. The third-order valence-corrected chi connectivity index (χ3v) is 5.41. The summed E-state index contributed by atoms with van der Waals surface area (Å²) in [6.07, 6.45) is 3.22. The van der Waals surface area contributed by atoms with E-state index in [1.54, 1.807) is 0 Å². The number of fused-ring (bicyclic) bond motifs is 1. The lowest BCUT2D eigenvalue weighted by molar-refractivity contribution is 0.174. The Balaban J connectivity index is 1.22. The molecule has 2 amide bonds. The van der Waals surface area contributed by atoms with Gasteiger partial charge in [0.15, 0.2) is 11.5 Å². The minimum Gasteiger partial charge on any atom is -0.454 e. The molecule has 0 aliphatic carbocycles. The van der Waals surface area contributed by atoms with E-state index in [0.717, 1.165) is 48.2 Å². The van der Waals surface area contributed by atoms with Crippen LogP contribution in [0.15, 0.2) is 42.5 Å². The Morgan fingerprint density at radius 3 is 2.61 bits per heavy atom. The quantitative estimate of drug-likeness (QED) is 0.821. The fourth-order valence-corrected chi connectivity index (χ4v) is 3.61. The van der Waals surface area contributed by atoms with Gasteiger partial charge in [0.25, 0.3) is 0 Å². The second kappa shape index (κ2) is 8.42. The second-order valence-corrected chi connectivity index (χ2v) is 7.53. The topological polar surface area (TPSA) is 62.8 Å². The number of urea groups is 1. The van der Waals surface area contributed by atoms with E-state index in [1.165, 1.54) is 18.5 Å². The maximum atomic E-state index is 12.1. The highest BCUT2D eigenvalue weighted by atomic mass is 16.7. The predicted molar refractivity (Wildman–Crippen MR) is 110 cm³/mol. The molecule has 0 radical (unpaired) electrons. The summed E-state index contributed by atoms with van der Waals surface area (Å²) in [6.45, 7) is 5.35. The van der Waals surface area contributed by atoms with Crippen LogP contribution in [0.5, 0.6) is 11.5 Å². The number of carbonyl (C=O) groups excluding carboxylic acids is 1. The molecule has 1 saturated heterocycles. The molecule has 1 fully saturated rings. The molecule has 2 aliphatic heterocycles. The van der Waals surface area contributed by atoms with Crippen molar-refractivity contribution in [2.24, 2.45) is 5.92 Å². The van der Waals surface area contributed by atoms with Crippen molar-refractivity contribution in [2.45, 2.75) is 26.2 Å². The number of piperidine rings is 1. The standard InChI is InChI=1S/C22H27N3O3/c1-16-9-12-25(13-10-16)19-5-3-18(4-6-19)24-22(26)23-11-8-17-2-7-20-21(14-17)28-15-27-20/h2-7,14,16H,8-13,15H2,1H3,(H2,23,24,26). The number of ether oxygens (including phenoxy) is 2. The van der Waals surface area contributed by atoms with Crippen LogP contribution in [0.2, 0.25) is 0 Å². The number of benzene rings is 2. The largest absolute Gasteiger partial charge is 0.454 e. The Labute approximate surface area is 165 Å². The third kappa shape index (κ3) is 4.50. The maximum Gasteiger partial charge on any atom is 0.319 e. The molecule has 2 N–H and O–H groups in total. The van der Waals surface area contributed by atoms with Crippen molar-refractivity contribution in [2.75, 3.05) is 36.6 Å². The second-order valence-electron chi connectivity index (χ2n) is 7.53. The Morgan fingerprint density at radius 2 is 1.82 bits per heavy atom.